The van der Waals surface area contributed by atoms with E-state index in [1.807, 2.05) is 24.1 Å². The van der Waals surface area contributed by atoms with Gasteiger partial charge in [0.2, 0.25) is 0 Å². The lowest BCUT2D eigenvalue weighted by Gasteiger charge is -2.24. The Morgan fingerprint density at radius 3 is 2.58 bits per heavy atom. The summed E-state index contributed by atoms with van der Waals surface area (Å²) >= 11 is 0. The molecule has 0 spiro atoms. The number of nitrogens with zero attached hydrogens (tertiary/aromatic N) is 2. The van der Waals surface area contributed by atoms with Gasteiger partial charge in [0.05, 0.1) is 6.10 Å². The van der Waals surface area contributed by atoms with Crippen LogP contribution in [0.3, 0.4) is 0 Å². The highest BCUT2D eigenvalue weighted by Gasteiger charge is 2.15. The molecule has 3 nitrogen and oxygen atoms in total. The van der Waals surface area contributed by atoms with Gasteiger partial charge in [0.25, 0.3) is 0 Å². The minimum absolute atomic E-state index is 0.531. The number of rotatable bonds is 3. The molecule has 0 amide bonds. The Labute approximate surface area is 114 Å². The van der Waals surface area contributed by atoms with Crippen molar-refractivity contribution < 1.29 is 5.11 Å². The molecule has 0 aliphatic carbocycles. The van der Waals surface area contributed by atoms with Gasteiger partial charge in [-0.25, -0.2) is 4.98 Å². The molecule has 0 saturated carbocycles. The molecule has 3 heteroatoms. The van der Waals surface area contributed by atoms with Crippen molar-refractivity contribution in [2.75, 3.05) is 11.9 Å². The molecule has 1 aromatic carbocycles. The van der Waals surface area contributed by atoms with Crippen LogP contribution in [0.25, 0.3) is 0 Å². The molecule has 0 fully saturated rings. The van der Waals surface area contributed by atoms with Crippen molar-refractivity contribution in [2.24, 2.45) is 0 Å². The van der Waals surface area contributed by atoms with Gasteiger partial charge in [0, 0.05) is 24.5 Å². The fraction of sp³-hybridized carbons (Fsp3) is 0.312. The lowest BCUT2D eigenvalue weighted by Crippen LogP contribution is -2.15. The second-order valence-electron chi connectivity index (χ2n) is 4.94. The number of anilines is 2. The normalized spacial score (nSPS) is 12.3. The highest BCUT2D eigenvalue weighted by Crippen LogP contribution is 2.30. The summed E-state index contributed by atoms with van der Waals surface area (Å²) < 4.78 is 0. The largest absolute Gasteiger partial charge is 0.389 e. The molecule has 0 saturated heterocycles. The third kappa shape index (κ3) is 2.76. The predicted molar refractivity (Wildman–Crippen MR) is 78.8 cm³/mol. The Morgan fingerprint density at radius 2 is 1.95 bits per heavy atom. The second-order valence-corrected chi connectivity index (χ2v) is 4.94. The molecule has 100 valence electrons. The molecule has 1 N–H and O–H groups in total. The van der Waals surface area contributed by atoms with Crippen LogP contribution in [0.2, 0.25) is 0 Å². The minimum atomic E-state index is -0.531. The van der Waals surface area contributed by atoms with E-state index < -0.39 is 6.10 Å². The predicted octanol–water partition coefficient (Wildman–Crippen LogP) is 3.52. The zero-order chi connectivity index (χ0) is 14.0. The van der Waals surface area contributed by atoms with E-state index in [0.717, 1.165) is 17.1 Å². The molecule has 0 aliphatic rings. The number of aryl methyl sites for hydroxylation is 2. The summed E-state index contributed by atoms with van der Waals surface area (Å²) in [6.07, 6.45) is 1.22. The maximum Gasteiger partial charge on any atom is 0.138 e. The quantitative estimate of drug-likeness (QED) is 0.912. The van der Waals surface area contributed by atoms with Gasteiger partial charge < -0.3 is 10.0 Å². The molecular formula is C16H20N2O. The van der Waals surface area contributed by atoms with Crippen molar-refractivity contribution in [3.05, 3.63) is 53.2 Å². The molecule has 1 unspecified atom stereocenters. The standard InChI is InChI=1S/C16H20N2O/c1-11-7-8-15(12(2)10-11)18(4)16-14(13(3)19)6-5-9-17-16/h5-10,13,19H,1-4H3. The fourth-order valence-electron chi connectivity index (χ4n) is 2.31. The van der Waals surface area contributed by atoms with Gasteiger partial charge in [-0.2, -0.15) is 0 Å². The first-order valence-electron chi connectivity index (χ1n) is 6.44. The number of pyridine rings is 1. The van der Waals surface area contributed by atoms with Crippen LogP contribution in [-0.4, -0.2) is 17.1 Å². The van der Waals surface area contributed by atoms with Crippen LogP contribution in [0.5, 0.6) is 0 Å². The Balaban J connectivity index is 2.47. The van der Waals surface area contributed by atoms with E-state index in [0.29, 0.717) is 0 Å². The van der Waals surface area contributed by atoms with Crippen molar-refractivity contribution in [1.82, 2.24) is 4.98 Å². The summed E-state index contributed by atoms with van der Waals surface area (Å²) in [5.74, 6) is 0.796. The van der Waals surface area contributed by atoms with Crippen LogP contribution in [0.15, 0.2) is 36.5 Å². The molecule has 1 aromatic heterocycles. The summed E-state index contributed by atoms with van der Waals surface area (Å²) in [5.41, 5.74) is 4.38. The van der Waals surface area contributed by atoms with Crippen LogP contribution >= 0.6 is 0 Å². The van der Waals surface area contributed by atoms with Gasteiger partial charge in [0.15, 0.2) is 0 Å². The van der Waals surface area contributed by atoms with E-state index in [4.69, 9.17) is 0 Å². The number of benzene rings is 1. The third-order valence-corrected chi connectivity index (χ3v) is 3.30. The Kier molecular flexibility index (Phi) is 3.86. The Hall–Kier alpha value is -1.87. The average Bonchev–Trinajstić information content (AvgIpc) is 2.38. The molecule has 0 aliphatic heterocycles. The lowest BCUT2D eigenvalue weighted by atomic mass is 10.1. The van der Waals surface area contributed by atoms with E-state index >= 15 is 0 Å². The number of aromatic nitrogens is 1. The summed E-state index contributed by atoms with van der Waals surface area (Å²) in [5, 5.41) is 9.85. The van der Waals surface area contributed by atoms with Gasteiger partial charge in [-0.3, -0.25) is 0 Å². The van der Waals surface area contributed by atoms with Gasteiger partial charge in [-0.15, -0.1) is 0 Å². The van der Waals surface area contributed by atoms with E-state index in [9.17, 15) is 5.11 Å². The van der Waals surface area contributed by atoms with E-state index in [1.54, 1.807) is 13.1 Å². The van der Waals surface area contributed by atoms with Crippen LogP contribution in [0.1, 0.15) is 29.7 Å². The van der Waals surface area contributed by atoms with Crippen LogP contribution in [-0.2, 0) is 0 Å². The van der Waals surface area contributed by atoms with Crippen LogP contribution < -0.4 is 4.90 Å². The van der Waals surface area contributed by atoms with Gasteiger partial charge in [0.1, 0.15) is 5.82 Å². The summed E-state index contributed by atoms with van der Waals surface area (Å²) in [6.45, 7) is 5.93. The van der Waals surface area contributed by atoms with E-state index in [2.05, 4.69) is 37.0 Å². The summed E-state index contributed by atoms with van der Waals surface area (Å²) in [4.78, 5) is 6.43. The Bertz CT molecular complexity index is 579. The molecule has 2 rings (SSSR count). The first-order chi connectivity index (χ1) is 9.00. The minimum Gasteiger partial charge on any atom is -0.389 e. The average molecular weight is 256 g/mol. The topological polar surface area (TPSA) is 36.4 Å². The van der Waals surface area contributed by atoms with Gasteiger partial charge in [-0.1, -0.05) is 23.8 Å². The molecule has 19 heavy (non-hydrogen) atoms. The van der Waals surface area contributed by atoms with Crippen molar-refractivity contribution in [3.63, 3.8) is 0 Å². The summed E-state index contributed by atoms with van der Waals surface area (Å²) in [6, 6.07) is 10.1. The van der Waals surface area contributed by atoms with Crippen molar-refractivity contribution >= 4 is 11.5 Å². The first-order valence-corrected chi connectivity index (χ1v) is 6.44. The summed E-state index contributed by atoms with van der Waals surface area (Å²) in [7, 11) is 1.98. The lowest BCUT2D eigenvalue weighted by molar-refractivity contribution is 0.199. The van der Waals surface area contributed by atoms with Crippen molar-refractivity contribution in [1.29, 1.82) is 0 Å². The highest BCUT2D eigenvalue weighted by molar-refractivity contribution is 5.65. The first kappa shape index (κ1) is 13.6. The molecule has 0 bridgehead atoms. The van der Waals surface area contributed by atoms with Crippen LogP contribution in [0.4, 0.5) is 11.5 Å². The molecule has 2 aromatic rings. The third-order valence-electron chi connectivity index (χ3n) is 3.30. The Morgan fingerprint density at radius 1 is 1.21 bits per heavy atom. The van der Waals surface area contributed by atoms with Gasteiger partial charge >= 0.3 is 0 Å². The highest BCUT2D eigenvalue weighted by atomic mass is 16.3. The number of aliphatic hydroxyl groups excluding tert-OH is 1. The smallest absolute Gasteiger partial charge is 0.138 e. The number of hydrogen-bond donors (Lipinski definition) is 1. The SMILES string of the molecule is Cc1ccc(N(C)c2ncccc2C(C)O)c(C)c1. The zero-order valence-corrected chi connectivity index (χ0v) is 11.9. The number of hydrogen-bond acceptors (Lipinski definition) is 3. The molecular weight excluding hydrogens is 236 g/mol. The molecule has 1 atom stereocenters. The molecule has 1 heterocycles. The van der Waals surface area contributed by atoms with Crippen LogP contribution in [0, 0.1) is 13.8 Å². The van der Waals surface area contributed by atoms with Crippen molar-refractivity contribution in [3.8, 4) is 0 Å². The van der Waals surface area contributed by atoms with E-state index in [1.165, 1.54) is 11.1 Å². The fourth-order valence-corrected chi connectivity index (χ4v) is 2.31. The maximum atomic E-state index is 9.85. The zero-order valence-electron chi connectivity index (χ0n) is 11.9. The number of aliphatic hydroxyl groups is 1. The van der Waals surface area contributed by atoms with E-state index in [-0.39, 0.29) is 0 Å². The maximum absolute atomic E-state index is 9.85. The monoisotopic (exact) mass is 256 g/mol. The molecule has 0 radical (unpaired) electrons. The van der Waals surface area contributed by atoms with Crippen molar-refractivity contribution in [2.45, 2.75) is 26.9 Å². The second kappa shape index (κ2) is 5.41. The van der Waals surface area contributed by atoms with Gasteiger partial charge in [-0.05, 0) is 38.5 Å².